The molecule has 1 amide bonds. The van der Waals surface area contributed by atoms with Gasteiger partial charge in [-0.15, -0.1) is 11.3 Å². The first-order valence-corrected chi connectivity index (χ1v) is 11.5. The largest absolute Gasteiger partial charge is 0.465 e. The summed E-state index contributed by atoms with van der Waals surface area (Å²) in [6.07, 6.45) is 5.01. The number of carbonyl (C=O) groups is 2. The van der Waals surface area contributed by atoms with Crippen molar-refractivity contribution in [3.8, 4) is 0 Å². The fraction of sp³-hybridized carbons (Fsp3) is 0.500. The molecule has 170 valence electrons. The number of hydrogen-bond donors (Lipinski definition) is 1. The molecule has 1 aliphatic rings. The maximum atomic E-state index is 12.7. The zero-order valence-electron chi connectivity index (χ0n) is 18.5. The van der Waals surface area contributed by atoms with E-state index in [2.05, 4.69) is 20.5 Å². The molecule has 1 N–H and O–H groups in total. The predicted octanol–water partition coefficient (Wildman–Crippen LogP) is 3.93. The second-order valence-corrected chi connectivity index (χ2v) is 9.32. The van der Waals surface area contributed by atoms with Crippen LogP contribution in [0.15, 0.2) is 16.8 Å². The van der Waals surface area contributed by atoms with E-state index in [0.29, 0.717) is 40.8 Å². The second kappa shape index (κ2) is 9.74. The highest BCUT2D eigenvalue weighted by atomic mass is 32.1. The van der Waals surface area contributed by atoms with Crippen molar-refractivity contribution in [3.63, 3.8) is 0 Å². The average Bonchev–Trinajstić information content (AvgIpc) is 3.49. The lowest BCUT2D eigenvalue weighted by Gasteiger charge is -2.14. The number of carbonyl (C=O) groups excluding carboxylic acids is 2. The number of rotatable bonds is 8. The van der Waals surface area contributed by atoms with Gasteiger partial charge < -0.3 is 10.1 Å². The molecular weight excluding hydrogens is 430 g/mol. The van der Waals surface area contributed by atoms with Gasteiger partial charge in [0, 0.05) is 24.9 Å². The standard InChI is InChI=1S/C22H27N5O4S/c1-13-17(26-31-25-13)12-27(2)11-15-8-9-16-19(20(22(29)30-3)32-21(16)23-15)24-18(28)10-14-6-4-5-7-14/h8-9,14H,4-7,10-12H2,1-3H3,(H,24,28). The number of fused-ring (bicyclic) bond motifs is 1. The molecule has 1 fully saturated rings. The van der Waals surface area contributed by atoms with Crippen LogP contribution in [-0.2, 0) is 22.6 Å². The molecule has 0 saturated heterocycles. The summed E-state index contributed by atoms with van der Waals surface area (Å²) in [6, 6.07) is 3.82. The number of esters is 1. The van der Waals surface area contributed by atoms with E-state index in [0.717, 1.165) is 35.3 Å². The highest BCUT2D eigenvalue weighted by Crippen LogP contribution is 2.36. The summed E-state index contributed by atoms with van der Waals surface area (Å²) in [5, 5.41) is 11.4. The topological polar surface area (TPSA) is 110 Å². The third-order valence-electron chi connectivity index (χ3n) is 5.80. The summed E-state index contributed by atoms with van der Waals surface area (Å²) in [7, 11) is 3.30. The van der Waals surface area contributed by atoms with Crippen LogP contribution >= 0.6 is 11.3 Å². The lowest BCUT2D eigenvalue weighted by atomic mass is 10.0. The van der Waals surface area contributed by atoms with Crippen molar-refractivity contribution in [1.29, 1.82) is 0 Å². The van der Waals surface area contributed by atoms with Crippen molar-refractivity contribution in [2.45, 2.75) is 52.1 Å². The Labute approximate surface area is 190 Å². The van der Waals surface area contributed by atoms with Crippen molar-refractivity contribution in [3.05, 3.63) is 34.1 Å². The van der Waals surface area contributed by atoms with E-state index in [1.165, 1.54) is 31.3 Å². The Kier molecular flexibility index (Phi) is 6.80. The number of aromatic nitrogens is 3. The van der Waals surface area contributed by atoms with Gasteiger partial charge in [-0.1, -0.05) is 23.2 Å². The maximum Gasteiger partial charge on any atom is 0.350 e. The van der Waals surface area contributed by atoms with E-state index in [1.54, 1.807) is 0 Å². The summed E-state index contributed by atoms with van der Waals surface area (Å²) < 4.78 is 9.71. The molecule has 3 heterocycles. The quantitative estimate of drug-likeness (QED) is 0.507. The Hall–Kier alpha value is -2.85. The van der Waals surface area contributed by atoms with Gasteiger partial charge in [0.25, 0.3) is 0 Å². The number of nitrogens with one attached hydrogen (secondary N) is 1. The molecule has 0 radical (unpaired) electrons. The number of nitrogens with zero attached hydrogens (tertiary/aromatic N) is 4. The summed E-state index contributed by atoms with van der Waals surface area (Å²) >= 11 is 1.23. The molecule has 4 rings (SSSR count). The second-order valence-electron chi connectivity index (χ2n) is 8.32. The van der Waals surface area contributed by atoms with Crippen LogP contribution in [0.5, 0.6) is 0 Å². The van der Waals surface area contributed by atoms with Crippen LogP contribution in [-0.4, -0.2) is 46.2 Å². The monoisotopic (exact) mass is 457 g/mol. The van der Waals surface area contributed by atoms with E-state index in [9.17, 15) is 9.59 Å². The molecule has 0 unspecified atom stereocenters. The van der Waals surface area contributed by atoms with Crippen LogP contribution in [0.2, 0.25) is 0 Å². The summed E-state index contributed by atoms with van der Waals surface area (Å²) in [5.41, 5.74) is 2.89. The van der Waals surface area contributed by atoms with Crippen LogP contribution in [0.25, 0.3) is 10.2 Å². The lowest BCUT2D eigenvalue weighted by molar-refractivity contribution is -0.117. The Morgan fingerprint density at radius 1 is 1.25 bits per heavy atom. The van der Waals surface area contributed by atoms with Gasteiger partial charge in [-0.25, -0.2) is 14.4 Å². The van der Waals surface area contributed by atoms with Crippen molar-refractivity contribution < 1.29 is 19.0 Å². The van der Waals surface area contributed by atoms with Crippen LogP contribution in [0, 0.1) is 12.8 Å². The molecule has 3 aromatic rings. The molecule has 1 saturated carbocycles. The third-order valence-corrected chi connectivity index (χ3v) is 6.87. The number of thiophene rings is 1. The molecule has 0 atom stereocenters. The van der Waals surface area contributed by atoms with Gasteiger partial charge in [0.2, 0.25) is 5.91 Å². The SMILES string of the molecule is COC(=O)c1sc2nc(CN(C)Cc3nonc3C)ccc2c1NC(=O)CC1CCCC1. The highest BCUT2D eigenvalue weighted by Gasteiger charge is 2.24. The molecule has 32 heavy (non-hydrogen) atoms. The number of aryl methyl sites for hydroxylation is 1. The molecule has 0 bridgehead atoms. The first-order chi connectivity index (χ1) is 15.4. The van der Waals surface area contributed by atoms with Crippen molar-refractivity contribution in [2.75, 3.05) is 19.5 Å². The van der Waals surface area contributed by atoms with Crippen LogP contribution < -0.4 is 5.32 Å². The first kappa shape index (κ1) is 22.3. The molecule has 9 nitrogen and oxygen atoms in total. The molecule has 0 aromatic carbocycles. The minimum Gasteiger partial charge on any atom is -0.465 e. The molecule has 3 aromatic heterocycles. The van der Waals surface area contributed by atoms with Gasteiger partial charge >= 0.3 is 5.97 Å². The van der Waals surface area contributed by atoms with Gasteiger partial charge in [-0.2, -0.15) is 0 Å². The third kappa shape index (κ3) is 4.97. The molecule has 10 heteroatoms. The first-order valence-electron chi connectivity index (χ1n) is 10.7. The van der Waals surface area contributed by atoms with E-state index in [1.807, 2.05) is 26.1 Å². The van der Waals surface area contributed by atoms with Crippen LogP contribution in [0.1, 0.15) is 58.9 Å². The number of hydrogen-bond acceptors (Lipinski definition) is 9. The Bertz CT molecular complexity index is 1120. The van der Waals surface area contributed by atoms with Crippen molar-refractivity contribution >= 4 is 39.1 Å². The molecule has 0 aliphatic heterocycles. The molecular formula is C22H27N5O4S. The van der Waals surface area contributed by atoms with E-state index in [4.69, 9.17) is 14.3 Å². The summed E-state index contributed by atoms with van der Waals surface area (Å²) in [5.74, 6) is -0.121. The lowest BCUT2D eigenvalue weighted by Crippen LogP contribution is -2.18. The Morgan fingerprint density at radius 3 is 2.72 bits per heavy atom. The zero-order valence-corrected chi connectivity index (χ0v) is 19.3. The minimum atomic E-state index is -0.475. The van der Waals surface area contributed by atoms with E-state index in [-0.39, 0.29) is 5.91 Å². The Balaban J connectivity index is 1.54. The van der Waals surface area contributed by atoms with E-state index < -0.39 is 5.97 Å². The summed E-state index contributed by atoms with van der Waals surface area (Å²) in [4.78, 5) is 32.9. The molecule has 0 spiro atoms. The summed E-state index contributed by atoms with van der Waals surface area (Å²) in [6.45, 7) is 3.01. The predicted molar refractivity (Wildman–Crippen MR) is 120 cm³/mol. The van der Waals surface area contributed by atoms with Crippen LogP contribution in [0.3, 0.4) is 0 Å². The molecule has 1 aliphatic carbocycles. The number of methoxy groups -OCH3 is 1. The van der Waals surface area contributed by atoms with Crippen LogP contribution in [0.4, 0.5) is 5.69 Å². The van der Waals surface area contributed by atoms with Gasteiger partial charge in [-0.3, -0.25) is 9.69 Å². The highest BCUT2D eigenvalue weighted by molar-refractivity contribution is 7.21. The van der Waals surface area contributed by atoms with Crippen molar-refractivity contribution in [1.82, 2.24) is 20.2 Å². The fourth-order valence-corrected chi connectivity index (χ4v) is 5.18. The van der Waals surface area contributed by atoms with Gasteiger partial charge in [0.1, 0.15) is 21.1 Å². The smallest absolute Gasteiger partial charge is 0.350 e. The van der Waals surface area contributed by atoms with Gasteiger partial charge in [0.05, 0.1) is 18.5 Å². The fourth-order valence-electron chi connectivity index (χ4n) is 4.11. The average molecular weight is 458 g/mol. The van der Waals surface area contributed by atoms with Gasteiger partial charge in [0.15, 0.2) is 0 Å². The number of pyridine rings is 1. The van der Waals surface area contributed by atoms with E-state index >= 15 is 0 Å². The van der Waals surface area contributed by atoms with Gasteiger partial charge in [-0.05, 0) is 44.9 Å². The normalized spacial score (nSPS) is 14.4. The Morgan fingerprint density at radius 2 is 2.03 bits per heavy atom. The number of ether oxygens (including phenoxy) is 1. The zero-order chi connectivity index (χ0) is 22.7. The maximum absolute atomic E-state index is 12.7. The number of anilines is 1. The van der Waals surface area contributed by atoms with Crippen molar-refractivity contribution in [2.24, 2.45) is 5.92 Å². The minimum absolute atomic E-state index is 0.0674. The number of amides is 1.